The number of nitrogens with one attached hydrogen (secondary N) is 2. The predicted molar refractivity (Wildman–Crippen MR) is 115 cm³/mol. The van der Waals surface area contributed by atoms with Gasteiger partial charge in [0.1, 0.15) is 5.82 Å². The Morgan fingerprint density at radius 3 is 2.68 bits per heavy atom. The molecule has 2 atom stereocenters. The van der Waals surface area contributed by atoms with Crippen molar-refractivity contribution in [1.82, 2.24) is 34.6 Å². The van der Waals surface area contributed by atoms with Gasteiger partial charge in [0.05, 0.1) is 23.6 Å². The third kappa shape index (κ3) is 4.52. The highest BCUT2D eigenvalue weighted by Crippen LogP contribution is 2.33. The summed E-state index contributed by atoms with van der Waals surface area (Å²) in [6.07, 6.45) is 3.23. The van der Waals surface area contributed by atoms with E-state index in [1.54, 1.807) is 22.7 Å². The number of sulfonamides is 1. The van der Waals surface area contributed by atoms with E-state index in [4.69, 9.17) is 0 Å². The summed E-state index contributed by atoms with van der Waals surface area (Å²) in [6, 6.07) is 8.65. The van der Waals surface area contributed by atoms with Crippen LogP contribution in [0.1, 0.15) is 41.3 Å². The van der Waals surface area contributed by atoms with Gasteiger partial charge in [-0.25, -0.2) is 18.1 Å². The molecule has 0 radical (unpaired) electrons. The fourth-order valence-corrected chi connectivity index (χ4v) is 4.67. The summed E-state index contributed by atoms with van der Waals surface area (Å²) in [5, 5.41) is 11.6. The third-order valence-electron chi connectivity index (χ3n) is 5.29. The van der Waals surface area contributed by atoms with E-state index >= 15 is 0 Å². The molecule has 31 heavy (non-hydrogen) atoms. The van der Waals surface area contributed by atoms with Crippen LogP contribution in [0.2, 0.25) is 0 Å². The number of H-pyrrole nitrogens is 1. The van der Waals surface area contributed by atoms with E-state index in [9.17, 15) is 13.2 Å². The lowest BCUT2D eigenvalue weighted by Gasteiger charge is -2.22. The number of carbonyl (C=O) groups is 1. The normalized spacial score (nSPS) is 19.1. The molecule has 1 amide bonds. The van der Waals surface area contributed by atoms with Gasteiger partial charge in [-0.15, -0.1) is 0 Å². The second kappa shape index (κ2) is 8.23. The van der Waals surface area contributed by atoms with Crippen LogP contribution in [-0.4, -0.2) is 63.0 Å². The van der Waals surface area contributed by atoms with Crippen molar-refractivity contribution < 1.29 is 13.2 Å². The summed E-state index contributed by atoms with van der Waals surface area (Å²) in [5.74, 6) is 0.834. The molecular weight excluding hydrogens is 418 g/mol. The molecule has 1 aromatic carbocycles. The molecule has 0 spiro atoms. The maximum atomic E-state index is 13.4. The Morgan fingerprint density at radius 1 is 1.29 bits per heavy atom. The topological polar surface area (TPSA) is 126 Å². The Balaban J connectivity index is 1.66. The van der Waals surface area contributed by atoms with Crippen molar-refractivity contribution in [3.8, 4) is 11.4 Å². The Labute approximate surface area is 180 Å². The van der Waals surface area contributed by atoms with Crippen LogP contribution in [0, 0.1) is 6.92 Å². The van der Waals surface area contributed by atoms with Crippen molar-refractivity contribution in [1.29, 1.82) is 0 Å². The number of aryl methyl sites for hydroxylation is 2. The standard InChI is InChI=1S/C20H25N7O3S/c1-4-26-12-16(13(2)24-26)20(28)27-11-15(25-31(3,29)30)10-17(27)19-21-18(22-23-19)14-8-6-5-7-9-14/h5-9,12,15,17,25H,4,10-11H2,1-3H3,(H,21,22,23)/t15-,17-/m0/s1. The maximum absolute atomic E-state index is 13.4. The van der Waals surface area contributed by atoms with E-state index in [1.807, 2.05) is 37.3 Å². The van der Waals surface area contributed by atoms with Crippen LogP contribution in [0.5, 0.6) is 0 Å². The molecule has 4 rings (SSSR count). The number of carbonyl (C=O) groups excluding carboxylic acids is 1. The van der Waals surface area contributed by atoms with Gasteiger partial charge in [0.25, 0.3) is 5.91 Å². The lowest BCUT2D eigenvalue weighted by molar-refractivity contribution is 0.0727. The molecule has 0 bridgehead atoms. The van der Waals surface area contributed by atoms with Crippen LogP contribution in [0.3, 0.4) is 0 Å². The molecule has 10 nitrogen and oxygen atoms in total. The van der Waals surface area contributed by atoms with E-state index < -0.39 is 22.1 Å². The fraction of sp³-hybridized carbons (Fsp3) is 0.400. The second-order valence-electron chi connectivity index (χ2n) is 7.69. The molecule has 1 aliphatic heterocycles. The zero-order valence-electron chi connectivity index (χ0n) is 17.6. The van der Waals surface area contributed by atoms with E-state index in [0.29, 0.717) is 35.9 Å². The van der Waals surface area contributed by atoms with Crippen molar-refractivity contribution in [3.05, 3.63) is 53.6 Å². The Hall–Kier alpha value is -3.05. The Bertz CT molecular complexity index is 1190. The van der Waals surface area contributed by atoms with E-state index in [1.165, 1.54) is 0 Å². The number of aromatic amines is 1. The zero-order chi connectivity index (χ0) is 22.2. The summed E-state index contributed by atoms with van der Waals surface area (Å²) >= 11 is 0. The molecule has 0 saturated carbocycles. The SMILES string of the molecule is CCn1cc(C(=O)N2C[C@@H](NS(C)(=O)=O)C[C@H]2c2nc(-c3ccccc3)n[nH]2)c(C)n1. The summed E-state index contributed by atoms with van der Waals surface area (Å²) in [7, 11) is -3.42. The number of hydrogen-bond acceptors (Lipinski definition) is 6. The maximum Gasteiger partial charge on any atom is 0.257 e. The number of rotatable bonds is 6. The zero-order valence-corrected chi connectivity index (χ0v) is 18.4. The van der Waals surface area contributed by atoms with Crippen molar-refractivity contribution in [3.63, 3.8) is 0 Å². The van der Waals surface area contributed by atoms with Crippen LogP contribution in [0.15, 0.2) is 36.5 Å². The molecular formula is C20H25N7O3S. The van der Waals surface area contributed by atoms with Crippen LogP contribution >= 0.6 is 0 Å². The van der Waals surface area contributed by atoms with Gasteiger partial charge in [0.2, 0.25) is 10.0 Å². The molecule has 1 fully saturated rings. The quantitative estimate of drug-likeness (QED) is 0.595. The molecule has 0 unspecified atom stereocenters. The van der Waals surface area contributed by atoms with Gasteiger partial charge in [-0.1, -0.05) is 30.3 Å². The average Bonchev–Trinajstić information content (AvgIpc) is 3.45. The van der Waals surface area contributed by atoms with Crippen LogP contribution in [0.25, 0.3) is 11.4 Å². The number of amides is 1. The highest BCUT2D eigenvalue weighted by Gasteiger charge is 2.40. The number of nitrogens with zero attached hydrogens (tertiary/aromatic N) is 5. The molecule has 164 valence electrons. The Morgan fingerprint density at radius 2 is 2.03 bits per heavy atom. The van der Waals surface area contributed by atoms with E-state index in [0.717, 1.165) is 11.8 Å². The van der Waals surface area contributed by atoms with Gasteiger partial charge in [-0.2, -0.15) is 10.2 Å². The van der Waals surface area contributed by atoms with Gasteiger partial charge < -0.3 is 4.90 Å². The molecule has 1 aliphatic rings. The Kier molecular flexibility index (Phi) is 5.63. The van der Waals surface area contributed by atoms with Gasteiger partial charge in [0, 0.05) is 30.9 Å². The first-order chi connectivity index (χ1) is 14.7. The van der Waals surface area contributed by atoms with Gasteiger partial charge >= 0.3 is 0 Å². The van der Waals surface area contributed by atoms with Crippen molar-refractivity contribution >= 4 is 15.9 Å². The van der Waals surface area contributed by atoms with Crippen LogP contribution in [-0.2, 0) is 16.6 Å². The first-order valence-corrected chi connectivity index (χ1v) is 11.9. The minimum Gasteiger partial charge on any atom is -0.327 e. The minimum atomic E-state index is -3.42. The lowest BCUT2D eigenvalue weighted by atomic mass is 10.1. The molecule has 2 aromatic heterocycles. The minimum absolute atomic E-state index is 0.210. The lowest BCUT2D eigenvalue weighted by Crippen LogP contribution is -2.38. The summed E-state index contributed by atoms with van der Waals surface area (Å²) < 4.78 is 27.9. The van der Waals surface area contributed by atoms with Gasteiger partial charge in [-0.05, 0) is 20.3 Å². The van der Waals surface area contributed by atoms with Gasteiger partial charge in [-0.3, -0.25) is 14.6 Å². The van der Waals surface area contributed by atoms with Crippen molar-refractivity contribution in [2.24, 2.45) is 0 Å². The largest absolute Gasteiger partial charge is 0.327 e. The molecule has 3 heterocycles. The molecule has 11 heteroatoms. The number of aromatic nitrogens is 5. The average molecular weight is 444 g/mol. The number of benzene rings is 1. The number of likely N-dealkylation sites (tertiary alicyclic amines) is 1. The van der Waals surface area contributed by atoms with Crippen molar-refractivity contribution in [2.45, 2.75) is 38.9 Å². The molecule has 0 aliphatic carbocycles. The first kappa shape index (κ1) is 21.2. The summed E-state index contributed by atoms with van der Waals surface area (Å²) in [6.45, 7) is 4.62. The second-order valence-corrected chi connectivity index (χ2v) is 9.47. The van der Waals surface area contributed by atoms with Crippen molar-refractivity contribution in [2.75, 3.05) is 12.8 Å². The first-order valence-electron chi connectivity index (χ1n) is 10.0. The summed E-state index contributed by atoms with van der Waals surface area (Å²) in [5.41, 5.74) is 1.98. The van der Waals surface area contributed by atoms with Crippen LogP contribution < -0.4 is 4.72 Å². The highest BCUT2D eigenvalue weighted by atomic mass is 32.2. The number of hydrogen-bond donors (Lipinski definition) is 2. The van der Waals surface area contributed by atoms with Crippen LogP contribution in [0.4, 0.5) is 0 Å². The fourth-order valence-electron chi connectivity index (χ4n) is 3.89. The third-order valence-corrected chi connectivity index (χ3v) is 6.06. The predicted octanol–water partition coefficient (Wildman–Crippen LogP) is 1.50. The van der Waals surface area contributed by atoms with Gasteiger partial charge in [0.15, 0.2) is 5.82 Å². The smallest absolute Gasteiger partial charge is 0.257 e. The monoisotopic (exact) mass is 443 g/mol. The summed E-state index contributed by atoms with van der Waals surface area (Å²) in [4.78, 5) is 19.6. The highest BCUT2D eigenvalue weighted by molar-refractivity contribution is 7.88. The van der Waals surface area contributed by atoms with E-state index in [-0.39, 0.29) is 12.5 Å². The molecule has 1 saturated heterocycles. The molecule has 2 N–H and O–H groups in total. The van der Waals surface area contributed by atoms with E-state index in [2.05, 4.69) is 25.0 Å². The molecule has 3 aromatic rings.